The Balaban J connectivity index is 1.40. The van der Waals surface area contributed by atoms with Crippen molar-refractivity contribution in [1.82, 2.24) is 10.3 Å². The molecule has 0 atom stereocenters. The lowest BCUT2D eigenvalue weighted by Gasteiger charge is -2.11. The average Bonchev–Trinajstić information content (AvgIpc) is 3.23. The van der Waals surface area contributed by atoms with E-state index < -0.39 is 5.97 Å². The summed E-state index contributed by atoms with van der Waals surface area (Å²) in [4.78, 5) is 29.3. The molecule has 1 amide bonds. The lowest BCUT2D eigenvalue weighted by Crippen LogP contribution is -2.22. The van der Waals surface area contributed by atoms with Gasteiger partial charge in [0.05, 0.1) is 5.69 Å². The van der Waals surface area contributed by atoms with Gasteiger partial charge in [0.15, 0.2) is 0 Å². The van der Waals surface area contributed by atoms with Crippen LogP contribution >= 0.6 is 22.9 Å². The number of ether oxygens (including phenoxy) is 1. The first-order valence-electron chi connectivity index (χ1n) is 10.4. The molecule has 34 heavy (non-hydrogen) atoms. The molecule has 8 heteroatoms. The summed E-state index contributed by atoms with van der Waals surface area (Å²) in [5.74, 6) is -1.06. The highest BCUT2D eigenvalue weighted by Gasteiger charge is 2.16. The zero-order chi connectivity index (χ0) is 24.1. The maximum Gasteiger partial charge on any atom is 0.339 e. The molecule has 0 saturated heterocycles. The third-order valence-corrected chi connectivity index (χ3v) is 6.48. The van der Waals surface area contributed by atoms with Gasteiger partial charge in [-0.25, -0.2) is 9.78 Å². The molecule has 4 aromatic rings. The first kappa shape index (κ1) is 23.5. The lowest BCUT2D eigenvalue weighted by molar-refractivity contribution is 0.0691. The molecule has 0 aliphatic carbocycles. The minimum absolute atomic E-state index is 0.0441. The van der Waals surface area contributed by atoms with E-state index in [1.807, 2.05) is 61.5 Å². The van der Waals surface area contributed by atoms with Gasteiger partial charge in [-0.05, 0) is 36.2 Å². The number of halogens is 1. The van der Waals surface area contributed by atoms with Crippen LogP contribution in [0.25, 0.3) is 10.6 Å². The number of nitrogens with one attached hydrogen (secondary N) is 1. The number of carboxylic acids is 1. The number of aromatic carboxylic acids is 1. The van der Waals surface area contributed by atoms with Gasteiger partial charge in [0.2, 0.25) is 0 Å². The van der Waals surface area contributed by atoms with E-state index in [2.05, 4.69) is 10.3 Å². The number of aryl methyl sites for hydroxylation is 1. The van der Waals surface area contributed by atoms with Crippen molar-refractivity contribution in [2.24, 2.45) is 0 Å². The standard InChI is InChI=1S/C26H21ClN2O4S/c1-16-23(34-25(29-16)19-8-3-2-4-9-19)24(30)28-14-17-6-5-7-18(12-17)15-33-22-13-20(27)10-11-21(22)26(31)32/h2-13H,14-15H2,1H3,(H,28,30)(H,31,32). The minimum Gasteiger partial charge on any atom is -0.488 e. The summed E-state index contributed by atoms with van der Waals surface area (Å²) in [5, 5.41) is 13.5. The first-order valence-corrected chi connectivity index (χ1v) is 11.6. The van der Waals surface area contributed by atoms with Crippen LogP contribution in [0.15, 0.2) is 72.8 Å². The van der Waals surface area contributed by atoms with Crippen molar-refractivity contribution in [1.29, 1.82) is 0 Å². The molecule has 0 radical (unpaired) electrons. The second-order valence-corrected chi connectivity index (χ2v) is 8.97. The van der Waals surface area contributed by atoms with Gasteiger partial charge in [-0.2, -0.15) is 0 Å². The molecule has 0 aliphatic rings. The molecule has 172 valence electrons. The Morgan fingerprint density at radius 3 is 2.56 bits per heavy atom. The van der Waals surface area contributed by atoms with Crippen LogP contribution in [-0.4, -0.2) is 22.0 Å². The Hall–Kier alpha value is -3.68. The highest BCUT2D eigenvalue weighted by atomic mass is 35.5. The SMILES string of the molecule is Cc1nc(-c2ccccc2)sc1C(=O)NCc1cccc(COc2cc(Cl)ccc2C(=O)O)c1. The van der Waals surface area contributed by atoms with Crippen molar-refractivity contribution < 1.29 is 19.4 Å². The minimum atomic E-state index is -1.09. The van der Waals surface area contributed by atoms with E-state index in [0.29, 0.717) is 22.1 Å². The van der Waals surface area contributed by atoms with Gasteiger partial charge in [0.25, 0.3) is 5.91 Å². The van der Waals surface area contributed by atoms with Crippen LogP contribution in [0, 0.1) is 6.92 Å². The predicted octanol–water partition coefficient (Wildman–Crippen LogP) is 5.98. The summed E-state index contributed by atoms with van der Waals surface area (Å²) in [6.45, 7) is 2.33. The highest BCUT2D eigenvalue weighted by molar-refractivity contribution is 7.17. The van der Waals surface area contributed by atoms with Crippen LogP contribution in [0.5, 0.6) is 5.75 Å². The zero-order valence-electron chi connectivity index (χ0n) is 18.2. The van der Waals surface area contributed by atoms with E-state index >= 15 is 0 Å². The van der Waals surface area contributed by atoms with Crippen molar-refractivity contribution in [3.8, 4) is 16.3 Å². The van der Waals surface area contributed by atoms with Crippen LogP contribution < -0.4 is 10.1 Å². The summed E-state index contributed by atoms with van der Waals surface area (Å²) >= 11 is 7.35. The van der Waals surface area contributed by atoms with Crippen molar-refractivity contribution in [2.75, 3.05) is 0 Å². The van der Waals surface area contributed by atoms with E-state index in [1.165, 1.54) is 29.5 Å². The average molecular weight is 493 g/mol. The van der Waals surface area contributed by atoms with E-state index in [1.54, 1.807) is 0 Å². The molecule has 6 nitrogen and oxygen atoms in total. The topological polar surface area (TPSA) is 88.5 Å². The van der Waals surface area contributed by atoms with Crippen LogP contribution in [0.1, 0.15) is 36.9 Å². The number of nitrogens with zero attached hydrogens (tertiary/aromatic N) is 1. The second kappa shape index (κ2) is 10.5. The molecule has 0 fully saturated rings. The Morgan fingerprint density at radius 1 is 1.03 bits per heavy atom. The fourth-order valence-electron chi connectivity index (χ4n) is 3.36. The van der Waals surface area contributed by atoms with Gasteiger partial charge in [0, 0.05) is 17.1 Å². The quantitative estimate of drug-likeness (QED) is 0.316. The molecule has 0 saturated carbocycles. The Kier molecular flexibility index (Phi) is 7.25. The number of carboxylic acid groups (broad SMARTS) is 1. The fourth-order valence-corrected chi connectivity index (χ4v) is 4.51. The highest BCUT2D eigenvalue weighted by Crippen LogP contribution is 2.28. The number of aromatic nitrogens is 1. The summed E-state index contributed by atoms with van der Waals surface area (Å²) in [7, 11) is 0. The summed E-state index contributed by atoms with van der Waals surface area (Å²) in [6.07, 6.45) is 0. The van der Waals surface area contributed by atoms with Crippen LogP contribution in [-0.2, 0) is 13.2 Å². The van der Waals surface area contributed by atoms with Gasteiger partial charge in [-0.3, -0.25) is 4.79 Å². The molecule has 1 heterocycles. The molecule has 2 N–H and O–H groups in total. The number of carbonyl (C=O) groups excluding carboxylic acids is 1. The van der Waals surface area contributed by atoms with E-state index in [0.717, 1.165) is 21.7 Å². The third-order valence-electron chi connectivity index (χ3n) is 5.04. The monoisotopic (exact) mass is 492 g/mol. The zero-order valence-corrected chi connectivity index (χ0v) is 19.8. The second-order valence-electron chi connectivity index (χ2n) is 7.54. The van der Waals surface area contributed by atoms with Gasteiger partial charge >= 0.3 is 5.97 Å². The molecular weight excluding hydrogens is 472 g/mol. The van der Waals surface area contributed by atoms with Gasteiger partial charge < -0.3 is 15.2 Å². The maximum absolute atomic E-state index is 12.8. The van der Waals surface area contributed by atoms with Crippen molar-refractivity contribution in [3.63, 3.8) is 0 Å². The maximum atomic E-state index is 12.8. The summed E-state index contributed by atoms with van der Waals surface area (Å²) in [5.41, 5.74) is 3.45. The summed E-state index contributed by atoms with van der Waals surface area (Å²) < 4.78 is 5.72. The number of benzene rings is 3. The third kappa shape index (κ3) is 5.62. The van der Waals surface area contributed by atoms with Crippen molar-refractivity contribution in [2.45, 2.75) is 20.1 Å². The molecule has 1 aromatic heterocycles. The molecule has 0 unspecified atom stereocenters. The smallest absolute Gasteiger partial charge is 0.339 e. The molecular formula is C26H21ClN2O4S. The number of amides is 1. The number of thiazole rings is 1. The summed E-state index contributed by atoms with van der Waals surface area (Å²) in [6, 6.07) is 21.7. The molecule has 0 spiro atoms. The number of hydrogen-bond acceptors (Lipinski definition) is 5. The number of rotatable bonds is 8. The predicted molar refractivity (Wildman–Crippen MR) is 133 cm³/mol. The first-order chi connectivity index (χ1) is 16.4. The number of hydrogen-bond donors (Lipinski definition) is 2. The van der Waals surface area contributed by atoms with Crippen LogP contribution in [0.4, 0.5) is 0 Å². The van der Waals surface area contributed by atoms with E-state index in [-0.39, 0.29) is 23.8 Å². The lowest BCUT2D eigenvalue weighted by atomic mass is 10.1. The molecule has 0 bridgehead atoms. The normalized spacial score (nSPS) is 10.6. The van der Waals surface area contributed by atoms with Gasteiger partial charge in [-0.15, -0.1) is 11.3 Å². The largest absolute Gasteiger partial charge is 0.488 e. The Morgan fingerprint density at radius 2 is 1.79 bits per heavy atom. The Labute approximate surface area is 205 Å². The molecule has 0 aliphatic heterocycles. The van der Waals surface area contributed by atoms with Crippen molar-refractivity contribution >= 4 is 34.8 Å². The Bertz CT molecular complexity index is 1340. The van der Waals surface area contributed by atoms with Crippen LogP contribution in [0.3, 0.4) is 0 Å². The number of carbonyl (C=O) groups is 2. The molecule has 3 aromatic carbocycles. The van der Waals surface area contributed by atoms with E-state index in [9.17, 15) is 14.7 Å². The van der Waals surface area contributed by atoms with Crippen molar-refractivity contribution in [3.05, 3.63) is 105 Å². The molecule has 4 rings (SSSR count). The van der Waals surface area contributed by atoms with Crippen LogP contribution in [0.2, 0.25) is 5.02 Å². The van der Waals surface area contributed by atoms with Gasteiger partial charge in [-0.1, -0.05) is 66.2 Å². The van der Waals surface area contributed by atoms with Gasteiger partial charge in [0.1, 0.15) is 27.8 Å². The fraction of sp³-hybridized carbons (Fsp3) is 0.115. The van der Waals surface area contributed by atoms with E-state index in [4.69, 9.17) is 16.3 Å².